The first-order chi connectivity index (χ1) is 31.0. The summed E-state index contributed by atoms with van der Waals surface area (Å²) in [5.41, 5.74) is 0. The van der Waals surface area contributed by atoms with Crippen LogP contribution >= 0.6 is 0 Å². The Bertz CT molecular complexity index is 1280. The van der Waals surface area contributed by atoms with Crippen molar-refractivity contribution in [2.75, 3.05) is 13.2 Å². The number of carbonyl (C=O) groups excluding carboxylic acids is 3. The molecular formula is C57H94O6. The lowest BCUT2D eigenvalue weighted by atomic mass is 10.1. The third-order valence-electron chi connectivity index (χ3n) is 10.6. The smallest absolute Gasteiger partial charge is 0.306 e. The molecule has 0 spiro atoms. The molecule has 0 saturated carbocycles. The van der Waals surface area contributed by atoms with E-state index in [2.05, 4.69) is 106 Å². The maximum Gasteiger partial charge on any atom is 0.306 e. The summed E-state index contributed by atoms with van der Waals surface area (Å²) in [7, 11) is 0. The zero-order valence-electron chi connectivity index (χ0n) is 40.8. The summed E-state index contributed by atoms with van der Waals surface area (Å²) in [5, 5.41) is 0. The predicted octanol–water partition coefficient (Wildman–Crippen LogP) is 17.0. The summed E-state index contributed by atoms with van der Waals surface area (Å²) in [6.45, 7) is 6.41. The second-order valence-electron chi connectivity index (χ2n) is 16.7. The summed E-state index contributed by atoms with van der Waals surface area (Å²) < 4.78 is 16.7. The Kier molecular flexibility index (Phi) is 48.0. The minimum absolute atomic E-state index is 0.112. The van der Waals surface area contributed by atoms with Gasteiger partial charge in [-0.2, -0.15) is 0 Å². The monoisotopic (exact) mass is 875 g/mol. The molecule has 0 heterocycles. The van der Waals surface area contributed by atoms with Gasteiger partial charge in [0.2, 0.25) is 0 Å². The van der Waals surface area contributed by atoms with Crippen LogP contribution in [0.1, 0.15) is 226 Å². The van der Waals surface area contributed by atoms with Crippen molar-refractivity contribution >= 4 is 17.9 Å². The summed E-state index contributed by atoms with van der Waals surface area (Å²) in [4.78, 5) is 37.9. The minimum atomic E-state index is -0.822. The van der Waals surface area contributed by atoms with Crippen molar-refractivity contribution in [3.8, 4) is 0 Å². The molecule has 1 atom stereocenters. The second-order valence-corrected chi connectivity index (χ2v) is 16.7. The Morgan fingerprint density at radius 1 is 0.333 bits per heavy atom. The normalized spacial score (nSPS) is 12.9. The predicted molar refractivity (Wildman–Crippen MR) is 270 cm³/mol. The van der Waals surface area contributed by atoms with Crippen LogP contribution in [0.15, 0.2) is 97.2 Å². The minimum Gasteiger partial charge on any atom is -0.462 e. The average molecular weight is 875 g/mol. The van der Waals surface area contributed by atoms with Crippen LogP contribution < -0.4 is 0 Å². The molecule has 0 saturated heterocycles. The van der Waals surface area contributed by atoms with E-state index in [4.69, 9.17) is 14.2 Å². The van der Waals surface area contributed by atoms with Crippen molar-refractivity contribution in [2.24, 2.45) is 0 Å². The fourth-order valence-electron chi connectivity index (χ4n) is 6.73. The van der Waals surface area contributed by atoms with E-state index in [-0.39, 0.29) is 31.6 Å². The van der Waals surface area contributed by atoms with Gasteiger partial charge in [-0.15, -0.1) is 0 Å². The molecule has 0 fully saturated rings. The van der Waals surface area contributed by atoms with Crippen LogP contribution in [0.5, 0.6) is 0 Å². The van der Waals surface area contributed by atoms with Gasteiger partial charge in [0, 0.05) is 19.3 Å². The molecule has 0 aromatic heterocycles. The molecule has 0 aliphatic heterocycles. The van der Waals surface area contributed by atoms with Crippen LogP contribution in [0.4, 0.5) is 0 Å². The fraction of sp³-hybridized carbons (Fsp3) is 0.667. The molecule has 0 aliphatic rings. The van der Waals surface area contributed by atoms with E-state index >= 15 is 0 Å². The highest BCUT2D eigenvalue weighted by atomic mass is 16.6. The topological polar surface area (TPSA) is 78.9 Å². The summed E-state index contributed by atoms with van der Waals surface area (Å²) >= 11 is 0. The molecule has 358 valence electrons. The Hall–Kier alpha value is -3.67. The highest BCUT2D eigenvalue weighted by Crippen LogP contribution is 2.13. The van der Waals surface area contributed by atoms with Crippen molar-refractivity contribution in [3.63, 3.8) is 0 Å². The van der Waals surface area contributed by atoms with Crippen molar-refractivity contribution in [2.45, 2.75) is 232 Å². The van der Waals surface area contributed by atoms with Gasteiger partial charge < -0.3 is 14.2 Å². The zero-order chi connectivity index (χ0) is 45.8. The van der Waals surface area contributed by atoms with Crippen LogP contribution in [0.25, 0.3) is 0 Å². The molecular weight excluding hydrogens is 781 g/mol. The van der Waals surface area contributed by atoms with Crippen LogP contribution in [-0.2, 0) is 28.6 Å². The number of unbranched alkanes of at least 4 members (excludes halogenated alkanes) is 18. The van der Waals surface area contributed by atoms with Crippen LogP contribution in [0.3, 0.4) is 0 Å². The van der Waals surface area contributed by atoms with E-state index in [1.54, 1.807) is 0 Å². The lowest BCUT2D eigenvalue weighted by Gasteiger charge is -2.18. The average Bonchev–Trinajstić information content (AvgIpc) is 3.28. The number of ether oxygens (including phenoxy) is 3. The molecule has 0 N–H and O–H groups in total. The van der Waals surface area contributed by atoms with Crippen LogP contribution in [0.2, 0.25) is 0 Å². The second kappa shape index (κ2) is 51.0. The van der Waals surface area contributed by atoms with Crippen LogP contribution in [0, 0.1) is 0 Å². The quantitative estimate of drug-likeness (QED) is 0.0262. The number of allylic oxidation sites excluding steroid dienone is 16. The van der Waals surface area contributed by atoms with E-state index in [9.17, 15) is 14.4 Å². The van der Waals surface area contributed by atoms with Gasteiger partial charge in [-0.1, -0.05) is 214 Å². The zero-order valence-corrected chi connectivity index (χ0v) is 40.8. The Balaban J connectivity index is 4.53. The first-order valence-electron chi connectivity index (χ1n) is 25.7. The van der Waals surface area contributed by atoms with Gasteiger partial charge in [-0.25, -0.2) is 0 Å². The lowest BCUT2D eigenvalue weighted by molar-refractivity contribution is -0.166. The lowest BCUT2D eigenvalue weighted by Crippen LogP contribution is -2.30. The molecule has 0 unspecified atom stereocenters. The van der Waals surface area contributed by atoms with Crippen molar-refractivity contribution < 1.29 is 28.6 Å². The number of hydrogen-bond donors (Lipinski definition) is 0. The SMILES string of the molecule is CC/C=C\C/C=C\C/C=C\C/C=C\C/C=C\C/C=C\CCC(=O)O[C@H](COC(=O)CCCCCCC/C=C\C/C=C\CCCCC)COC(=O)CCCCCCCCCCCCC. The van der Waals surface area contributed by atoms with E-state index in [0.717, 1.165) is 103 Å². The highest BCUT2D eigenvalue weighted by molar-refractivity contribution is 5.71. The van der Waals surface area contributed by atoms with Gasteiger partial charge in [-0.3, -0.25) is 14.4 Å². The molecule has 0 amide bonds. The van der Waals surface area contributed by atoms with Crippen molar-refractivity contribution in [3.05, 3.63) is 97.2 Å². The van der Waals surface area contributed by atoms with E-state index in [0.29, 0.717) is 19.3 Å². The van der Waals surface area contributed by atoms with Crippen molar-refractivity contribution in [1.82, 2.24) is 0 Å². The number of rotatable bonds is 45. The first-order valence-corrected chi connectivity index (χ1v) is 25.7. The summed E-state index contributed by atoms with van der Waals surface area (Å²) in [6, 6.07) is 0. The van der Waals surface area contributed by atoms with E-state index in [1.807, 2.05) is 12.2 Å². The fourth-order valence-corrected chi connectivity index (χ4v) is 6.73. The van der Waals surface area contributed by atoms with E-state index in [1.165, 1.54) is 77.0 Å². The van der Waals surface area contributed by atoms with Gasteiger partial charge in [-0.05, 0) is 89.9 Å². The molecule has 0 aliphatic carbocycles. The number of esters is 3. The molecule has 63 heavy (non-hydrogen) atoms. The number of carbonyl (C=O) groups is 3. The molecule has 6 nitrogen and oxygen atoms in total. The third kappa shape index (κ3) is 49.2. The maximum absolute atomic E-state index is 12.8. The maximum atomic E-state index is 12.8. The molecule has 6 heteroatoms. The number of hydrogen-bond acceptors (Lipinski definition) is 6. The third-order valence-corrected chi connectivity index (χ3v) is 10.6. The Morgan fingerprint density at radius 2 is 0.651 bits per heavy atom. The largest absolute Gasteiger partial charge is 0.462 e. The molecule has 0 rings (SSSR count). The first kappa shape index (κ1) is 59.3. The molecule has 0 bridgehead atoms. The summed E-state index contributed by atoms with van der Waals surface area (Å²) in [5.74, 6) is -1.01. The molecule has 0 aromatic rings. The van der Waals surface area contributed by atoms with E-state index < -0.39 is 12.1 Å². The van der Waals surface area contributed by atoms with Gasteiger partial charge in [0.1, 0.15) is 13.2 Å². The van der Waals surface area contributed by atoms with Gasteiger partial charge in [0.15, 0.2) is 6.10 Å². The Labute approximate surface area is 387 Å². The van der Waals surface area contributed by atoms with Crippen LogP contribution in [-0.4, -0.2) is 37.2 Å². The standard InChI is InChI=1S/C57H94O6/c1-4-7-10-13-16-19-22-24-26-27-28-29-31-33-36-39-42-45-48-51-57(60)63-54(52-61-55(58)49-46-43-40-37-34-21-18-15-12-9-6-3)53-62-56(59)50-47-44-41-38-35-32-30-25-23-20-17-14-11-8-5-2/h7,10,16-17,19-20,24-26,28-30,33,36,42,45,54H,4-6,8-9,11-15,18,21-23,27,31-32,34-35,37-41,43-44,46-53H2,1-3H3/b10-7-,19-16-,20-17-,26-24-,29-28-,30-25-,36-33-,45-42-/t54-/m0/s1. The van der Waals surface area contributed by atoms with Gasteiger partial charge in [0.25, 0.3) is 0 Å². The molecule has 0 aromatic carbocycles. The highest BCUT2D eigenvalue weighted by Gasteiger charge is 2.19. The molecule has 0 radical (unpaired) electrons. The van der Waals surface area contributed by atoms with Gasteiger partial charge in [0.05, 0.1) is 0 Å². The van der Waals surface area contributed by atoms with Gasteiger partial charge >= 0.3 is 17.9 Å². The van der Waals surface area contributed by atoms with Crippen molar-refractivity contribution in [1.29, 1.82) is 0 Å². The summed E-state index contributed by atoms with van der Waals surface area (Å²) in [6.07, 6.45) is 66.8. The Morgan fingerprint density at radius 3 is 1.06 bits per heavy atom.